The lowest BCUT2D eigenvalue weighted by molar-refractivity contribution is -0.143. The Hall–Kier alpha value is -1.85. The van der Waals surface area contributed by atoms with Crippen LogP contribution in [0.15, 0.2) is 18.2 Å². The van der Waals surface area contributed by atoms with Crippen LogP contribution in [0.1, 0.15) is 18.9 Å². The highest BCUT2D eigenvalue weighted by atomic mass is 19.3. The van der Waals surface area contributed by atoms with Crippen molar-refractivity contribution in [1.82, 2.24) is 0 Å². The van der Waals surface area contributed by atoms with Gasteiger partial charge in [0.15, 0.2) is 11.5 Å². The molecule has 0 aromatic heterocycles. The minimum atomic E-state index is -2.95. The average Bonchev–Trinajstić information content (AvgIpc) is 2.37. The molecule has 1 aromatic carbocycles. The number of hydrogen-bond acceptors (Lipinski definition) is 4. The van der Waals surface area contributed by atoms with E-state index in [9.17, 15) is 13.6 Å². The SMILES string of the molecule is CCOC(=O)CCc1cccc(OC)c1OC(F)F. The molecule has 0 N–H and O–H groups in total. The number of para-hydroxylation sites is 1. The second-order valence-electron chi connectivity index (χ2n) is 3.63. The van der Waals surface area contributed by atoms with Crippen LogP contribution < -0.4 is 9.47 Å². The van der Waals surface area contributed by atoms with Crippen molar-refractivity contribution < 1.29 is 27.8 Å². The van der Waals surface area contributed by atoms with Crippen molar-refractivity contribution in [3.63, 3.8) is 0 Å². The second-order valence-corrected chi connectivity index (χ2v) is 3.63. The Bertz CT molecular complexity index is 421. The molecule has 0 saturated carbocycles. The average molecular weight is 274 g/mol. The summed E-state index contributed by atoms with van der Waals surface area (Å²) >= 11 is 0. The fourth-order valence-corrected chi connectivity index (χ4v) is 1.61. The van der Waals surface area contributed by atoms with Crippen molar-refractivity contribution >= 4 is 5.97 Å². The minimum absolute atomic E-state index is 0.0377. The molecule has 0 saturated heterocycles. The molecule has 0 aliphatic carbocycles. The molecule has 0 heterocycles. The molecule has 0 spiro atoms. The van der Waals surface area contributed by atoms with Crippen LogP contribution >= 0.6 is 0 Å². The van der Waals surface area contributed by atoms with Crippen LogP contribution in [0, 0.1) is 0 Å². The maximum absolute atomic E-state index is 12.4. The standard InChI is InChI=1S/C13H16F2O4/c1-3-18-11(16)8-7-9-5-4-6-10(17-2)12(9)19-13(14)15/h4-6,13H,3,7-8H2,1-2H3. The van der Waals surface area contributed by atoms with Crippen LogP contribution in [0.25, 0.3) is 0 Å². The molecule has 6 heteroatoms. The third kappa shape index (κ3) is 4.73. The molecule has 0 amide bonds. The van der Waals surface area contributed by atoms with Gasteiger partial charge in [0.05, 0.1) is 13.7 Å². The zero-order chi connectivity index (χ0) is 14.3. The normalized spacial score (nSPS) is 10.4. The van der Waals surface area contributed by atoms with Crippen LogP contribution in [0.4, 0.5) is 8.78 Å². The highest BCUT2D eigenvalue weighted by molar-refractivity contribution is 5.70. The molecule has 1 aromatic rings. The number of ether oxygens (including phenoxy) is 3. The largest absolute Gasteiger partial charge is 0.493 e. The van der Waals surface area contributed by atoms with E-state index < -0.39 is 6.61 Å². The third-order valence-electron chi connectivity index (χ3n) is 2.39. The van der Waals surface area contributed by atoms with E-state index in [0.717, 1.165) is 0 Å². The Kier molecular flexibility index (Phi) is 6.05. The van der Waals surface area contributed by atoms with E-state index in [1.54, 1.807) is 19.1 Å². The monoisotopic (exact) mass is 274 g/mol. The summed E-state index contributed by atoms with van der Waals surface area (Å²) in [6.07, 6.45) is 0.346. The molecule has 0 aliphatic rings. The lowest BCUT2D eigenvalue weighted by atomic mass is 10.1. The Morgan fingerprint density at radius 2 is 2.11 bits per heavy atom. The quantitative estimate of drug-likeness (QED) is 0.717. The zero-order valence-electron chi connectivity index (χ0n) is 10.8. The summed E-state index contributed by atoms with van der Waals surface area (Å²) in [7, 11) is 1.36. The van der Waals surface area contributed by atoms with Gasteiger partial charge in [-0.2, -0.15) is 8.78 Å². The van der Waals surface area contributed by atoms with Crippen molar-refractivity contribution in [2.24, 2.45) is 0 Å². The van der Waals surface area contributed by atoms with E-state index in [1.165, 1.54) is 13.2 Å². The number of halogens is 2. The number of methoxy groups -OCH3 is 1. The van der Waals surface area contributed by atoms with Crippen LogP contribution in [-0.2, 0) is 16.0 Å². The van der Waals surface area contributed by atoms with Crippen molar-refractivity contribution in [2.45, 2.75) is 26.4 Å². The van der Waals surface area contributed by atoms with E-state index in [0.29, 0.717) is 5.56 Å². The van der Waals surface area contributed by atoms with Gasteiger partial charge < -0.3 is 14.2 Å². The topological polar surface area (TPSA) is 44.8 Å². The number of hydrogen-bond donors (Lipinski definition) is 0. The van der Waals surface area contributed by atoms with Gasteiger partial charge in [-0.15, -0.1) is 0 Å². The molecule has 4 nitrogen and oxygen atoms in total. The van der Waals surface area contributed by atoms with Crippen molar-refractivity contribution in [3.8, 4) is 11.5 Å². The van der Waals surface area contributed by atoms with Crippen LogP contribution in [0.5, 0.6) is 11.5 Å². The molecule has 1 rings (SSSR count). The van der Waals surface area contributed by atoms with Gasteiger partial charge in [-0.1, -0.05) is 12.1 Å². The number of esters is 1. The first-order valence-electron chi connectivity index (χ1n) is 5.84. The highest BCUT2D eigenvalue weighted by Crippen LogP contribution is 2.33. The van der Waals surface area contributed by atoms with E-state index in [4.69, 9.17) is 9.47 Å². The predicted molar refractivity (Wildman–Crippen MR) is 64.6 cm³/mol. The smallest absolute Gasteiger partial charge is 0.387 e. The van der Waals surface area contributed by atoms with Gasteiger partial charge in [0.1, 0.15) is 0 Å². The van der Waals surface area contributed by atoms with E-state index >= 15 is 0 Å². The first-order chi connectivity index (χ1) is 9.08. The summed E-state index contributed by atoms with van der Waals surface area (Å²) in [5.41, 5.74) is 0.479. The van der Waals surface area contributed by atoms with Gasteiger partial charge in [-0.25, -0.2) is 0 Å². The minimum Gasteiger partial charge on any atom is -0.493 e. The molecular formula is C13H16F2O4. The Morgan fingerprint density at radius 3 is 2.68 bits per heavy atom. The first kappa shape index (κ1) is 15.2. The lowest BCUT2D eigenvalue weighted by Gasteiger charge is -2.14. The van der Waals surface area contributed by atoms with Gasteiger partial charge >= 0.3 is 12.6 Å². The third-order valence-corrected chi connectivity index (χ3v) is 2.39. The summed E-state index contributed by atoms with van der Waals surface area (Å²) in [5, 5.41) is 0. The number of rotatable bonds is 7. The van der Waals surface area contributed by atoms with Gasteiger partial charge in [-0.3, -0.25) is 4.79 Å². The van der Waals surface area contributed by atoms with E-state index in [1.807, 2.05) is 0 Å². The lowest BCUT2D eigenvalue weighted by Crippen LogP contribution is -2.09. The van der Waals surface area contributed by atoms with Crippen LogP contribution in [0.2, 0.25) is 0 Å². The summed E-state index contributed by atoms with van der Waals surface area (Å²) in [6, 6.07) is 4.78. The first-order valence-corrected chi connectivity index (χ1v) is 5.84. The van der Waals surface area contributed by atoms with Crippen LogP contribution in [-0.4, -0.2) is 26.3 Å². The summed E-state index contributed by atoms with van der Waals surface area (Å²) < 4.78 is 38.9. The molecule has 0 fully saturated rings. The molecule has 0 bridgehead atoms. The molecular weight excluding hydrogens is 258 g/mol. The molecule has 0 aliphatic heterocycles. The Labute approximate surface area is 110 Å². The second kappa shape index (κ2) is 7.56. The number of benzene rings is 1. The fraction of sp³-hybridized carbons (Fsp3) is 0.462. The van der Waals surface area contributed by atoms with Crippen molar-refractivity contribution in [1.29, 1.82) is 0 Å². The number of aryl methyl sites for hydroxylation is 1. The summed E-state index contributed by atoms with van der Waals surface area (Å²) in [4.78, 5) is 11.3. The maximum Gasteiger partial charge on any atom is 0.387 e. The van der Waals surface area contributed by atoms with Gasteiger partial charge in [0, 0.05) is 6.42 Å². The van der Waals surface area contributed by atoms with Crippen molar-refractivity contribution in [2.75, 3.05) is 13.7 Å². The Balaban J connectivity index is 2.83. The fourth-order valence-electron chi connectivity index (χ4n) is 1.61. The van der Waals surface area contributed by atoms with Crippen molar-refractivity contribution in [3.05, 3.63) is 23.8 Å². The molecule has 0 unspecified atom stereocenters. The number of alkyl halides is 2. The zero-order valence-corrected chi connectivity index (χ0v) is 10.8. The molecule has 0 radical (unpaired) electrons. The Morgan fingerprint density at radius 1 is 1.37 bits per heavy atom. The predicted octanol–water partition coefficient (Wildman–Crippen LogP) is 2.79. The maximum atomic E-state index is 12.4. The van der Waals surface area contributed by atoms with Gasteiger partial charge in [0.2, 0.25) is 0 Å². The molecule has 19 heavy (non-hydrogen) atoms. The van der Waals surface area contributed by atoms with E-state index in [2.05, 4.69) is 4.74 Å². The van der Waals surface area contributed by atoms with E-state index in [-0.39, 0.29) is 36.9 Å². The molecule has 106 valence electrons. The van der Waals surface area contributed by atoms with Crippen LogP contribution in [0.3, 0.4) is 0 Å². The molecule has 0 atom stereocenters. The summed E-state index contributed by atoms with van der Waals surface area (Å²) in [6.45, 7) is -0.954. The van der Waals surface area contributed by atoms with Gasteiger partial charge in [0.25, 0.3) is 0 Å². The highest BCUT2D eigenvalue weighted by Gasteiger charge is 2.16. The number of carbonyl (C=O) groups excluding carboxylic acids is 1. The summed E-state index contributed by atoms with van der Waals surface area (Å²) in [5.74, 6) is -0.209. The number of carbonyl (C=O) groups is 1. The van der Waals surface area contributed by atoms with Gasteiger partial charge in [-0.05, 0) is 25.0 Å².